The Balaban J connectivity index is 2.54. The Bertz CT molecular complexity index is 658. The minimum absolute atomic E-state index is 0.297. The van der Waals surface area contributed by atoms with Crippen LogP contribution in [0.15, 0.2) is 11.1 Å². The first-order valence-electron chi connectivity index (χ1n) is 5.85. The molecule has 8 nitrogen and oxygen atoms in total. The Morgan fingerprint density at radius 3 is 2.90 bits per heavy atom. The van der Waals surface area contributed by atoms with Crippen LogP contribution in [-0.2, 0) is 4.74 Å². The number of hydrogen-bond acceptors (Lipinski definition) is 7. The quantitative estimate of drug-likeness (QED) is 0.583. The lowest BCUT2D eigenvalue weighted by Crippen LogP contribution is -2.45. The molecule has 5 atom stereocenters. The maximum absolute atomic E-state index is 15.0. The van der Waals surface area contributed by atoms with Crippen molar-refractivity contribution in [2.75, 3.05) is 5.73 Å². The number of ether oxygens (including phenoxy) is 1. The van der Waals surface area contributed by atoms with Crippen LogP contribution >= 0.6 is 11.6 Å². The van der Waals surface area contributed by atoms with Gasteiger partial charge in [-0.25, -0.2) is 14.2 Å². The summed E-state index contributed by atoms with van der Waals surface area (Å²) in [7, 11) is 0. The highest BCUT2D eigenvalue weighted by atomic mass is 35.5. The zero-order valence-corrected chi connectivity index (χ0v) is 11.5. The fraction of sp³-hybridized carbons (Fsp3) is 0.545. The van der Waals surface area contributed by atoms with Crippen LogP contribution < -0.4 is 11.4 Å². The number of anilines is 1. The summed E-state index contributed by atoms with van der Waals surface area (Å²) in [5, 5.41) is 21.3. The number of aliphatic hydroxyl groups excluding tert-OH is 2. The van der Waals surface area contributed by atoms with Crippen molar-refractivity contribution in [1.29, 1.82) is 0 Å². The van der Waals surface area contributed by atoms with Gasteiger partial charge in [-0.2, -0.15) is 4.98 Å². The van der Waals surface area contributed by atoms with Crippen LogP contribution in [0.1, 0.15) is 13.2 Å². The summed E-state index contributed by atoms with van der Waals surface area (Å²) in [5.41, 5.74) is 1.59. The third-order valence-electron chi connectivity index (χ3n) is 3.10. The van der Waals surface area contributed by atoms with Gasteiger partial charge >= 0.3 is 5.69 Å². The van der Waals surface area contributed by atoms with Crippen LogP contribution in [0.2, 0.25) is 0 Å². The second-order valence-electron chi connectivity index (χ2n) is 4.53. The lowest BCUT2D eigenvalue weighted by Gasteiger charge is -2.23. The molecule has 1 aromatic rings. The molecule has 2 rings (SSSR count). The summed E-state index contributed by atoms with van der Waals surface area (Å²) >= 11 is 5.21. The SMILES string of the molecule is C[C@@H](O)[C@H]1O[C@@H](n2cnc(N)nc2=O)C(F)(C#CCl)[C@H]1O. The molecule has 10 heteroatoms. The minimum atomic E-state index is -2.72. The maximum atomic E-state index is 15.0. The predicted octanol–water partition coefficient (Wildman–Crippen LogP) is -1.23. The van der Waals surface area contributed by atoms with Gasteiger partial charge in [0.2, 0.25) is 11.6 Å². The van der Waals surface area contributed by atoms with E-state index in [0.717, 1.165) is 6.33 Å². The molecule has 0 spiro atoms. The molecule has 0 amide bonds. The zero-order valence-electron chi connectivity index (χ0n) is 10.8. The Morgan fingerprint density at radius 2 is 2.38 bits per heavy atom. The molecule has 0 aliphatic carbocycles. The van der Waals surface area contributed by atoms with Gasteiger partial charge < -0.3 is 20.7 Å². The number of aromatic nitrogens is 3. The molecule has 0 radical (unpaired) electrons. The van der Waals surface area contributed by atoms with Crippen LogP contribution in [0.3, 0.4) is 0 Å². The first kappa shape index (κ1) is 15.7. The van der Waals surface area contributed by atoms with E-state index >= 15 is 0 Å². The van der Waals surface area contributed by atoms with E-state index < -0.39 is 35.9 Å². The summed E-state index contributed by atoms with van der Waals surface area (Å²) in [4.78, 5) is 18.7. The van der Waals surface area contributed by atoms with Gasteiger partial charge in [-0.15, -0.1) is 0 Å². The molecule has 0 bridgehead atoms. The van der Waals surface area contributed by atoms with E-state index in [-0.39, 0.29) is 5.95 Å². The molecular formula is C11H12ClFN4O4. The molecule has 114 valence electrons. The Labute approximate surface area is 123 Å². The molecule has 21 heavy (non-hydrogen) atoms. The average Bonchev–Trinajstić information content (AvgIpc) is 2.64. The fourth-order valence-corrected chi connectivity index (χ4v) is 2.22. The number of aliphatic hydroxyl groups is 2. The first-order chi connectivity index (χ1) is 9.81. The van der Waals surface area contributed by atoms with Crippen molar-refractivity contribution in [1.82, 2.24) is 14.5 Å². The van der Waals surface area contributed by atoms with Crippen LogP contribution in [-0.4, -0.2) is 48.7 Å². The monoisotopic (exact) mass is 318 g/mol. The van der Waals surface area contributed by atoms with Gasteiger partial charge in [0.15, 0.2) is 6.23 Å². The van der Waals surface area contributed by atoms with Crippen LogP contribution in [0, 0.1) is 11.3 Å². The van der Waals surface area contributed by atoms with Crippen molar-refractivity contribution >= 4 is 17.5 Å². The number of alkyl halides is 1. The highest BCUT2D eigenvalue weighted by molar-refractivity contribution is 6.30. The molecule has 0 aromatic carbocycles. The predicted molar refractivity (Wildman–Crippen MR) is 69.8 cm³/mol. The minimum Gasteiger partial charge on any atom is -0.391 e. The first-order valence-corrected chi connectivity index (χ1v) is 6.23. The molecule has 1 saturated heterocycles. The second-order valence-corrected chi connectivity index (χ2v) is 4.72. The summed E-state index contributed by atoms with van der Waals surface area (Å²) in [6.45, 7) is 1.30. The van der Waals surface area contributed by atoms with Gasteiger partial charge in [0.1, 0.15) is 18.5 Å². The number of rotatable bonds is 2. The number of nitrogens with zero attached hydrogens (tertiary/aromatic N) is 3. The molecular weight excluding hydrogens is 307 g/mol. The van der Waals surface area contributed by atoms with E-state index in [4.69, 9.17) is 22.1 Å². The molecule has 0 saturated carbocycles. The van der Waals surface area contributed by atoms with Crippen molar-refractivity contribution in [2.45, 2.75) is 37.1 Å². The lowest BCUT2D eigenvalue weighted by atomic mass is 9.95. The normalized spacial score (nSPS) is 33.3. The smallest absolute Gasteiger partial charge is 0.354 e. The summed E-state index contributed by atoms with van der Waals surface area (Å²) < 4.78 is 20.9. The lowest BCUT2D eigenvalue weighted by molar-refractivity contribution is -0.0806. The largest absolute Gasteiger partial charge is 0.391 e. The van der Waals surface area contributed by atoms with Gasteiger partial charge in [-0.05, 0) is 24.4 Å². The van der Waals surface area contributed by atoms with Gasteiger partial charge in [0.25, 0.3) is 0 Å². The summed E-state index contributed by atoms with van der Waals surface area (Å²) in [5.74, 6) is 1.67. The van der Waals surface area contributed by atoms with Crippen molar-refractivity contribution in [3.8, 4) is 11.3 Å². The van der Waals surface area contributed by atoms with Gasteiger partial charge in [0.05, 0.1) is 6.10 Å². The molecule has 4 N–H and O–H groups in total. The third kappa shape index (κ3) is 2.58. The van der Waals surface area contributed by atoms with Crippen molar-refractivity contribution in [3.63, 3.8) is 0 Å². The molecule has 2 heterocycles. The summed E-state index contributed by atoms with van der Waals surface area (Å²) in [6.07, 6.45) is -5.09. The number of hydrogen-bond donors (Lipinski definition) is 3. The fourth-order valence-electron chi connectivity index (χ4n) is 2.08. The highest BCUT2D eigenvalue weighted by Gasteiger charge is 2.59. The van der Waals surface area contributed by atoms with Crippen molar-refractivity contribution in [3.05, 3.63) is 16.8 Å². The van der Waals surface area contributed by atoms with E-state index in [2.05, 4.69) is 9.97 Å². The average molecular weight is 319 g/mol. The molecule has 1 unspecified atom stereocenters. The van der Waals surface area contributed by atoms with Crippen LogP contribution in [0.5, 0.6) is 0 Å². The van der Waals surface area contributed by atoms with E-state index in [9.17, 15) is 19.4 Å². The highest BCUT2D eigenvalue weighted by Crippen LogP contribution is 2.41. The van der Waals surface area contributed by atoms with Crippen LogP contribution in [0.25, 0.3) is 0 Å². The second kappa shape index (κ2) is 5.57. The Hall–Kier alpha value is -1.73. The van der Waals surface area contributed by atoms with Gasteiger partial charge in [-0.1, -0.05) is 0 Å². The van der Waals surface area contributed by atoms with E-state index in [1.807, 2.05) is 11.3 Å². The van der Waals surface area contributed by atoms with Crippen molar-refractivity contribution in [2.24, 2.45) is 0 Å². The van der Waals surface area contributed by atoms with Gasteiger partial charge in [-0.3, -0.25) is 4.57 Å². The topological polar surface area (TPSA) is 123 Å². The standard InChI is InChI=1S/C11H12ClFN4O4/c1-5(18)6-7(19)11(13,2-3-12)8(21-6)17-4-15-9(14)16-10(17)20/h4-8,18-19H,1H3,(H2,14,16,20)/t5-,6-,7+,8-,11?/m1/s1. The molecule has 1 aliphatic heterocycles. The Kier molecular flexibility index (Phi) is 4.15. The Morgan fingerprint density at radius 1 is 1.71 bits per heavy atom. The van der Waals surface area contributed by atoms with Crippen LogP contribution in [0.4, 0.5) is 10.3 Å². The van der Waals surface area contributed by atoms with E-state index in [1.54, 1.807) is 0 Å². The molecule has 1 aromatic heterocycles. The number of nitrogen functional groups attached to an aromatic ring is 1. The number of halogens is 2. The van der Waals surface area contributed by atoms with E-state index in [0.29, 0.717) is 4.57 Å². The maximum Gasteiger partial charge on any atom is 0.354 e. The molecule has 1 fully saturated rings. The number of nitrogens with two attached hydrogens (primary N) is 1. The summed E-state index contributed by atoms with van der Waals surface area (Å²) in [6, 6.07) is 0. The van der Waals surface area contributed by atoms with Crippen molar-refractivity contribution < 1.29 is 19.3 Å². The third-order valence-corrected chi connectivity index (χ3v) is 3.19. The van der Waals surface area contributed by atoms with Gasteiger partial charge in [0, 0.05) is 5.38 Å². The van der Waals surface area contributed by atoms with E-state index in [1.165, 1.54) is 6.92 Å². The zero-order chi connectivity index (χ0) is 15.8. The molecule has 1 aliphatic rings.